The minimum Gasteiger partial charge on any atom is -0.497 e. The summed E-state index contributed by atoms with van der Waals surface area (Å²) in [7, 11) is 1.57. The predicted octanol–water partition coefficient (Wildman–Crippen LogP) is 2.50. The standard InChI is InChI=1S/C19H21N3O3/c1-25-15-6-4-5-14(11-15)21-19(24)16-7-2-3-8-17(16)22-18(23)13-9-10-20-12-13/h2-8,11,13,20H,9-10,12H2,1H3,(H,21,24)(H,22,23). The Balaban J connectivity index is 1.74. The van der Waals surface area contributed by atoms with Crippen molar-refractivity contribution < 1.29 is 14.3 Å². The third-order valence-corrected chi connectivity index (χ3v) is 4.19. The molecule has 1 aliphatic heterocycles. The molecule has 1 unspecified atom stereocenters. The Morgan fingerprint density at radius 1 is 1.12 bits per heavy atom. The molecule has 3 N–H and O–H groups in total. The second-order valence-electron chi connectivity index (χ2n) is 5.91. The maximum Gasteiger partial charge on any atom is 0.257 e. The number of carbonyl (C=O) groups excluding carboxylic acids is 2. The van der Waals surface area contributed by atoms with E-state index in [0.29, 0.717) is 29.2 Å². The van der Waals surface area contributed by atoms with Crippen LogP contribution in [0.25, 0.3) is 0 Å². The van der Waals surface area contributed by atoms with E-state index < -0.39 is 0 Å². The lowest BCUT2D eigenvalue weighted by Gasteiger charge is -2.14. The molecule has 1 heterocycles. The first-order valence-electron chi connectivity index (χ1n) is 8.23. The van der Waals surface area contributed by atoms with Gasteiger partial charge in [0, 0.05) is 18.3 Å². The van der Waals surface area contributed by atoms with Gasteiger partial charge in [0.05, 0.1) is 24.3 Å². The highest BCUT2D eigenvalue weighted by Gasteiger charge is 2.23. The van der Waals surface area contributed by atoms with Gasteiger partial charge in [-0.2, -0.15) is 0 Å². The highest BCUT2D eigenvalue weighted by molar-refractivity contribution is 6.10. The van der Waals surface area contributed by atoms with Gasteiger partial charge in [0.2, 0.25) is 5.91 Å². The lowest BCUT2D eigenvalue weighted by Crippen LogP contribution is -2.26. The molecule has 3 rings (SSSR count). The molecule has 25 heavy (non-hydrogen) atoms. The van der Waals surface area contributed by atoms with Crippen molar-refractivity contribution in [3.8, 4) is 5.75 Å². The first-order valence-corrected chi connectivity index (χ1v) is 8.23. The molecule has 0 aliphatic carbocycles. The summed E-state index contributed by atoms with van der Waals surface area (Å²) in [5, 5.41) is 8.88. The summed E-state index contributed by atoms with van der Waals surface area (Å²) in [6.45, 7) is 1.51. The minimum atomic E-state index is -0.284. The van der Waals surface area contributed by atoms with Crippen molar-refractivity contribution in [2.24, 2.45) is 5.92 Å². The first kappa shape index (κ1) is 17.0. The summed E-state index contributed by atoms with van der Waals surface area (Å²) in [5.74, 6) is 0.253. The van der Waals surface area contributed by atoms with E-state index in [1.807, 2.05) is 0 Å². The van der Waals surface area contributed by atoms with Gasteiger partial charge in [-0.3, -0.25) is 9.59 Å². The van der Waals surface area contributed by atoms with Gasteiger partial charge in [-0.1, -0.05) is 18.2 Å². The smallest absolute Gasteiger partial charge is 0.257 e. The number of carbonyl (C=O) groups is 2. The number of para-hydroxylation sites is 1. The van der Waals surface area contributed by atoms with E-state index in [1.165, 1.54) is 0 Å². The Morgan fingerprint density at radius 3 is 2.72 bits per heavy atom. The van der Waals surface area contributed by atoms with E-state index in [2.05, 4.69) is 16.0 Å². The summed E-state index contributed by atoms with van der Waals surface area (Å²) in [6, 6.07) is 14.1. The number of amides is 2. The summed E-state index contributed by atoms with van der Waals surface area (Å²) < 4.78 is 5.16. The molecule has 1 aliphatic rings. The van der Waals surface area contributed by atoms with Gasteiger partial charge < -0.3 is 20.7 Å². The van der Waals surface area contributed by atoms with E-state index >= 15 is 0 Å². The first-order chi connectivity index (χ1) is 12.2. The van der Waals surface area contributed by atoms with Gasteiger partial charge in [-0.25, -0.2) is 0 Å². The van der Waals surface area contributed by atoms with Gasteiger partial charge in [0.1, 0.15) is 5.75 Å². The van der Waals surface area contributed by atoms with Crippen molar-refractivity contribution >= 4 is 23.2 Å². The van der Waals surface area contributed by atoms with Crippen molar-refractivity contribution in [3.63, 3.8) is 0 Å². The predicted molar refractivity (Wildman–Crippen MR) is 97.0 cm³/mol. The summed E-state index contributed by atoms with van der Waals surface area (Å²) in [5.41, 5.74) is 1.56. The van der Waals surface area contributed by atoms with Crippen LogP contribution in [0.5, 0.6) is 5.75 Å². The van der Waals surface area contributed by atoms with Gasteiger partial charge >= 0.3 is 0 Å². The van der Waals surface area contributed by atoms with Crippen LogP contribution in [-0.2, 0) is 4.79 Å². The van der Waals surface area contributed by atoms with Crippen molar-refractivity contribution in [1.82, 2.24) is 5.32 Å². The SMILES string of the molecule is COc1cccc(NC(=O)c2ccccc2NC(=O)C2CCNC2)c1. The normalized spacial score (nSPS) is 16.3. The molecular weight excluding hydrogens is 318 g/mol. The Bertz CT molecular complexity index is 770. The molecule has 6 nitrogen and oxygen atoms in total. The number of methoxy groups -OCH3 is 1. The van der Waals surface area contributed by atoms with Crippen LogP contribution >= 0.6 is 0 Å². The lowest BCUT2D eigenvalue weighted by molar-refractivity contribution is -0.119. The van der Waals surface area contributed by atoms with Gasteiger partial charge in [-0.15, -0.1) is 0 Å². The average molecular weight is 339 g/mol. The quantitative estimate of drug-likeness (QED) is 0.782. The fourth-order valence-corrected chi connectivity index (χ4v) is 2.80. The molecule has 6 heteroatoms. The fourth-order valence-electron chi connectivity index (χ4n) is 2.80. The Hall–Kier alpha value is -2.86. The van der Waals surface area contributed by atoms with Crippen molar-refractivity contribution in [2.45, 2.75) is 6.42 Å². The molecular formula is C19H21N3O3. The van der Waals surface area contributed by atoms with E-state index in [-0.39, 0.29) is 17.7 Å². The maximum atomic E-state index is 12.6. The molecule has 2 aromatic rings. The molecule has 2 amide bonds. The molecule has 0 saturated carbocycles. The largest absolute Gasteiger partial charge is 0.497 e. The molecule has 130 valence electrons. The average Bonchev–Trinajstić information content (AvgIpc) is 3.17. The zero-order valence-corrected chi connectivity index (χ0v) is 14.0. The second kappa shape index (κ2) is 7.81. The molecule has 1 atom stereocenters. The number of hydrogen-bond donors (Lipinski definition) is 3. The Morgan fingerprint density at radius 2 is 1.96 bits per heavy atom. The summed E-state index contributed by atoms with van der Waals surface area (Å²) >= 11 is 0. The van der Waals surface area contributed by atoms with Gasteiger partial charge in [0.15, 0.2) is 0 Å². The Labute approximate surface area is 146 Å². The van der Waals surface area contributed by atoms with Gasteiger partial charge in [0.25, 0.3) is 5.91 Å². The number of rotatable bonds is 5. The molecule has 2 aromatic carbocycles. The zero-order chi connectivity index (χ0) is 17.6. The maximum absolute atomic E-state index is 12.6. The van der Waals surface area contributed by atoms with E-state index in [9.17, 15) is 9.59 Å². The summed E-state index contributed by atoms with van der Waals surface area (Å²) in [6.07, 6.45) is 0.810. The van der Waals surface area contributed by atoms with Crippen molar-refractivity contribution in [3.05, 3.63) is 54.1 Å². The molecule has 0 radical (unpaired) electrons. The molecule has 0 spiro atoms. The second-order valence-corrected chi connectivity index (χ2v) is 5.91. The van der Waals surface area contributed by atoms with Crippen molar-refractivity contribution in [2.75, 3.05) is 30.8 Å². The van der Waals surface area contributed by atoms with Crippen LogP contribution in [0.4, 0.5) is 11.4 Å². The van der Waals surface area contributed by atoms with E-state index in [0.717, 1.165) is 13.0 Å². The number of hydrogen-bond acceptors (Lipinski definition) is 4. The van der Waals surface area contributed by atoms with E-state index in [1.54, 1.807) is 55.6 Å². The Kier molecular flexibility index (Phi) is 5.30. The van der Waals surface area contributed by atoms with Crippen LogP contribution in [0.2, 0.25) is 0 Å². The molecule has 0 bridgehead atoms. The molecule has 0 aromatic heterocycles. The van der Waals surface area contributed by atoms with Crippen LogP contribution in [0.3, 0.4) is 0 Å². The third kappa shape index (κ3) is 4.16. The third-order valence-electron chi connectivity index (χ3n) is 4.19. The minimum absolute atomic E-state index is 0.0606. The topological polar surface area (TPSA) is 79.5 Å². The highest BCUT2D eigenvalue weighted by Crippen LogP contribution is 2.21. The zero-order valence-electron chi connectivity index (χ0n) is 14.0. The van der Waals surface area contributed by atoms with Crippen LogP contribution in [-0.4, -0.2) is 32.0 Å². The monoisotopic (exact) mass is 339 g/mol. The molecule has 1 saturated heterocycles. The van der Waals surface area contributed by atoms with Crippen molar-refractivity contribution in [1.29, 1.82) is 0 Å². The van der Waals surface area contributed by atoms with Crippen LogP contribution in [0, 0.1) is 5.92 Å². The molecule has 1 fully saturated rings. The number of anilines is 2. The number of ether oxygens (including phenoxy) is 1. The van der Waals surface area contributed by atoms with Crippen LogP contribution in [0.1, 0.15) is 16.8 Å². The van der Waals surface area contributed by atoms with Crippen LogP contribution in [0.15, 0.2) is 48.5 Å². The number of nitrogens with one attached hydrogen (secondary N) is 3. The van der Waals surface area contributed by atoms with Gasteiger partial charge in [-0.05, 0) is 37.2 Å². The lowest BCUT2D eigenvalue weighted by atomic mass is 10.1. The van der Waals surface area contributed by atoms with E-state index in [4.69, 9.17) is 4.74 Å². The fraction of sp³-hybridized carbons (Fsp3) is 0.263. The summed E-state index contributed by atoms with van der Waals surface area (Å²) in [4.78, 5) is 25.0. The number of benzene rings is 2. The highest BCUT2D eigenvalue weighted by atomic mass is 16.5. The van der Waals surface area contributed by atoms with Crippen LogP contribution < -0.4 is 20.7 Å².